The van der Waals surface area contributed by atoms with Crippen LogP contribution < -0.4 is 10.1 Å². The summed E-state index contributed by atoms with van der Waals surface area (Å²) in [4.78, 5) is 19.8. The second-order valence-electron chi connectivity index (χ2n) is 3.52. The summed E-state index contributed by atoms with van der Waals surface area (Å²) in [7, 11) is 3.23. The molecule has 1 N–H and O–H groups in total. The normalized spacial score (nSPS) is 10.2. The molecular formula is C11H11ClN4O2. The van der Waals surface area contributed by atoms with Crippen LogP contribution in [0.4, 0.5) is 5.95 Å². The minimum atomic E-state index is -0.313. The van der Waals surface area contributed by atoms with E-state index >= 15 is 0 Å². The number of nitrogens with zero attached hydrogens (tertiary/aromatic N) is 3. The molecule has 0 atom stereocenters. The number of aromatic nitrogens is 3. The molecule has 94 valence electrons. The fourth-order valence-corrected chi connectivity index (χ4v) is 1.59. The van der Waals surface area contributed by atoms with Gasteiger partial charge in [-0.15, -0.1) is 0 Å². The van der Waals surface area contributed by atoms with Gasteiger partial charge in [-0.3, -0.25) is 10.1 Å². The number of ether oxygens (including phenoxy) is 1. The third-order valence-corrected chi connectivity index (χ3v) is 2.48. The van der Waals surface area contributed by atoms with E-state index in [0.717, 1.165) is 0 Å². The summed E-state index contributed by atoms with van der Waals surface area (Å²) in [6.45, 7) is 0. The number of nitrogens with one attached hydrogen (secondary N) is 1. The molecule has 0 aliphatic carbocycles. The summed E-state index contributed by atoms with van der Waals surface area (Å²) in [5.41, 5.74) is 0.498. The van der Waals surface area contributed by atoms with Crippen LogP contribution in [0.25, 0.3) is 0 Å². The maximum absolute atomic E-state index is 11.9. The van der Waals surface area contributed by atoms with Gasteiger partial charge in [0.1, 0.15) is 10.8 Å². The molecule has 2 rings (SSSR count). The largest absolute Gasteiger partial charge is 0.481 e. The molecule has 0 unspecified atom stereocenters. The molecule has 0 aliphatic heterocycles. The topological polar surface area (TPSA) is 69.0 Å². The van der Waals surface area contributed by atoms with E-state index in [1.807, 2.05) is 0 Å². The van der Waals surface area contributed by atoms with Crippen molar-refractivity contribution < 1.29 is 9.53 Å². The van der Waals surface area contributed by atoms with Crippen molar-refractivity contribution in [2.45, 2.75) is 0 Å². The molecule has 0 aliphatic rings. The quantitative estimate of drug-likeness (QED) is 0.859. The average Bonchev–Trinajstić information content (AvgIpc) is 2.74. The van der Waals surface area contributed by atoms with Gasteiger partial charge in [0.25, 0.3) is 5.91 Å². The Balaban J connectivity index is 2.22. The third-order valence-electron chi connectivity index (χ3n) is 2.28. The SMILES string of the molecule is COc1cc(Cl)nc(NC(=O)c2cccn2C)n1. The van der Waals surface area contributed by atoms with Crippen molar-refractivity contribution in [2.24, 2.45) is 7.05 Å². The zero-order valence-corrected chi connectivity index (χ0v) is 10.6. The van der Waals surface area contributed by atoms with Crippen LogP contribution >= 0.6 is 11.6 Å². The van der Waals surface area contributed by atoms with Gasteiger partial charge in [-0.25, -0.2) is 4.98 Å². The predicted octanol–water partition coefficient (Wildman–Crippen LogP) is 1.73. The highest BCUT2D eigenvalue weighted by molar-refractivity contribution is 6.29. The number of anilines is 1. The lowest BCUT2D eigenvalue weighted by atomic mass is 10.4. The average molecular weight is 267 g/mol. The number of carbonyl (C=O) groups excluding carboxylic acids is 1. The van der Waals surface area contributed by atoms with Crippen LogP contribution in [-0.2, 0) is 7.05 Å². The smallest absolute Gasteiger partial charge is 0.274 e. The zero-order chi connectivity index (χ0) is 13.1. The van der Waals surface area contributed by atoms with Crippen LogP contribution in [-0.4, -0.2) is 27.6 Å². The Morgan fingerprint density at radius 1 is 1.50 bits per heavy atom. The van der Waals surface area contributed by atoms with Crippen molar-refractivity contribution in [2.75, 3.05) is 12.4 Å². The minimum Gasteiger partial charge on any atom is -0.481 e. The molecule has 2 heterocycles. The standard InChI is InChI=1S/C11H11ClN4O2/c1-16-5-3-4-7(16)10(17)15-11-13-8(12)6-9(14-11)18-2/h3-6H,1-2H3,(H,13,14,15,17). The lowest BCUT2D eigenvalue weighted by molar-refractivity contribution is 0.101. The van der Waals surface area contributed by atoms with Crippen LogP contribution in [0.2, 0.25) is 5.15 Å². The van der Waals surface area contributed by atoms with Crippen LogP contribution in [0.5, 0.6) is 5.88 Å². The van der Waals surface area contributed by atoms with Crippen molar-refractivity contribution in [1.82, 2.24) is 14.5 Å². The minimum absolute atomic E-state index is 0.102. The highest BCUT2D eigenvalue weighted by Gasteiger charge is 2.12. The van der Waals surface area contributed by atoms with Gasteiger partial charge < -0.3 is 9.30 Å². The van der Waals surface area contributed by atoms with Crippen molar-refractivity contribution >= 4 is 23.5 Å². The summed E-state index contributed by atoms with van der Waals surface area (Å²) < 4.78 is 6.63. The zero-order valence-electron chi connectivity index (χ0n) is 9.85. The molecule has 2 aromatic heterocycles. The number of hydrogen-bond donors (Lipinski definition) is 1. The van der Waals surface area contributed by atoms with Gasteiger partial charge in [0, 0.05) is 19.3 Å². The molecule has 0 spiro atoms. The van der Waals surface area contributed by atoms with E-state index in [1.54, 1.807) is 29.9 Å². The molecule has 6 nitrogen and oxygen atoms in total. The Morgan fingerprint density at radius 2 is 2.28 bits per heavy atom. The van der Waals surface area contributed by atoms with E-state index in [1.165, 1.54) is 13.2 Å². The molecule has 0 saturated carbocycles. The first-order chi connectivity index (χ1) is 8.60. The lowest BCUT2D eigenvalue weighted by Gasteiger charge is -2.06. The number of aryl methyl sites for hydroxylation is 1. The Hall–Kier alpha value is -2.08. The second-order valence-corrected chi connectivity index (χ2v) is 3.90. The molecule has 7 heteroatoms. The van der Waals surface area contributed by atoms with Crippen LogP contribution in [0.3, 0.4) is 0 Å². The monoisotopic (exact) mass is 266 g/mol. The molecule has 0 radical (unpaired) electrons. The molecular weight excluding hydrogens is 256 g/mol. The lowest BCUT2D eigenvalue weighted by Crippen LogP contribution is -2.17. The maximum atomic E-state index is 11.9. The number of rotatable bonds is 3. The van der Waals surface area contributed by atoms with Gasteiger partial charge in [0.15, 0.2) is 0 Å². The van der Waals surface area contributed by atoms with E-state index in [-0.39, 0.29) is 22.9 Å². The third kappa shape index (κ3) is 2.60. The molecule has 2 aromatic rings. The highest BCUT2D eigenvalue weighted by atomic mass is 35.5. The van der Waals surface area contributed by atoms with E-state index in [2.05, 4.69) is 15.3 Å². The van der Waals surface area contributed by atoms with Crippen molar-refractivity contribution in [3.05, 3.63) is 35.2 Å². The van der Waals surface area contributed by atoms with Crippen LogP contribution in [0.15, 0.2) is 24.4 Å². The summed E-state index contributed by atoms with van der Waals surface area (Å²) in [6, 6.07) is 4.92. The maximum Gasteiger partial charge on any atom is 0.274 e. The predicted molar refractivity (Wildman–Crippen MR) is 67.0 cm³/mol. The van der Waals surface area contributed by atoms with Gasteiger partial charge in [-0.1, -0.05) is 11.6 Å². The van der Waals surface area contributed by atoms with E-state index in [0.29, 0.717) is 5.69 Å². The number of hydrogen-bond acceptors (Lipinski definition) is 4. The number of methoxy groups -OCH3 is 1. The van der Waals surface area contributed by atoms with Gasteiger partial charge in [-0.05, 0) is 12.1 Å². The number of amides is 1. The summed E-state index contributed by atoms with van der Waals surface area (Å²) in [5.74, 6) is 0.0783. The Bertz CT molecular complexity index is 582. The Kier molecular flexibility index (Phi) is 3.47. The van der Waals surface area contributed by atoms with Gasteiger partial charge >= 0.3 is 0 Å². The number of carbonyl (C=O) groups is 1. The van der Waals surface area contributed by atoms with E-state index < -0.39 is 0 Å². The first-order valence-corrected chi connectivity index (χ1v) is 5.49. The first-order valence-electron chi connectivity index (χ1n) is 5.11. The highest BCUT2D eigenvalue weighted by Crippen LogP contribution is 2.16. The fraction of sp³-hybridized carbons (Fsp3) is 0.182. The fourth-order valence-electron chi connectivity index (χ4n) is 1.42. The van der Waals surface area contributed by atoms with Crippen molar-refractivity contribution in [3.63, 3.8) is 0 Å². The summed E-state index contributed by atoms with van der Waals surface area (Å²) >= 11 is 5.78. The summed E-state index contributed by atoms with van der Waals surface area (Å²) in [5, 5.41) is 2.75. The van der Waals surface area contributed by atoms with Crippen LogP contribution in [0.1, 0.15) is 10.5 Å². The molecule has 0 saturated heterocycles. The molecule has 0 fully saturated rings. The van der Waals surface area contributed by atoms with Crippen molar-refractivity contribution in [1.29, 1.82) is 0 Å². The van der Waals surface area contributed by atoms with E-state index in [4.69, 9.17) is 16.3 Å². The molecule has 18 heavy (non-hydrogen) atoms. The van der Waals surface area contributed by atoms with Crippen molar-refractivity contribution in [3.8, 4) is 5.88 Å². The van der Waals surface area contributed by atoms with Gasteiger partial charge in [0.2, 0.25) is 11.8 Å². The second kappa shape index (κ2) is 5.05. The van der Waals surface area contributed by atoms with Gasteiger partial charge in [0.05, 0.1) is 7.11 Å². The molecule has 0 bridgehead atoms. The van der Waals surface area contributed by atoms with Gasteiger partial charge in [-0.2, -0.15) is 4.98 Å². The first kappa shape index (κ1) is 12.4. The Morgan fingerprint density at radius 3 is 2.89 bits per heavy atom. The van der Waals surface area contributed by atoms with Crippen LogP contribution in [0, 0.1) is 0 Å². The van der Waals surface area contributed by atoms with E-state index in [9.17, 15) is 4.79 Å². The molecule has 1 amide bonds. The summed E-state index contributed by atoms with van der Waals surface area (Å²) in [6.07, 6.45) is 1.77. The molecule has 0 aromatic carbocycles. The number of halogens is 1. The Labute approximate surface area is 109 Å².